The summed E-state index contributed by atoms with van der Waals surface area (Å²) in [6.07, 6.45) is 0. The Bertz CT molecular complexity index is 759. The van der Waals surface area contributed by atoms with Crippen molar-refractivity contribution in [2.75, 3.05) is 10.6 Å². The standard InChI is InChI=1S/C20H24N2O2/c1-13-7-6-8-16(10-13)21-18(23)20(4,5)19(24)22-17-11-14(2)9-15(3)12-17/h6-12H,1-5H3,(H,21,23)(H,22,24). The molecule has 0 aliphatic carbocycles. The molecule has 2 aromatic rings. The summed E-state index contributed by atoms with van der Waals surface area (Å²) < 4.78 is 0. The minimum Gasteiger partial charge on any atom is -0.325 e. The van der Waals surface area contributed by atoms with Crippen molar-refractivity contribution in [2.45, 2.75) is 34.6 Å². The van der Waals surface area contributed by atoms with Crippen LogP contribution >= 0.6 is 0 Å². The predicted molar refractivity (Wildman–Crippen MR) is 98.1 cm³/mol. The van der Waals surface area contributed by atoms with Gasteiger partial charge in [-0.15, -0.1) is 0 Å². The van der Waals surface area contributed by atoms with Gasteiger partial charge in [-0.3, -0.25) is 9.59 Å². The summed E-state index contributed by atoms with van der Waals surface area (Å²) in [4.78, 5) is 25.1. The fourth-order valence-electron chi connectivity index (χ4n) is 2.45. The van der Waals surface area contributed by atoms with Gasteiger partial charge in [-0.2, -0.15) is 0 Å². The summed E-state index contributed by atoms with van der Waals surface area (Å²) in [6.45, 7) is 9.14. The SMILES string of the molecule is Cc1cccc(NC(=O)C(C)(C)C(=O)Nc2cc(C)cc(C)c2)c1. The van der Waals surface area contributed by atoms with Crippen molar-refractivity contribution in [3.63, 3.8) is 0 Å². The van der Waals surface area contributed by atoms with Gasteiger partial charge < -0.3 is 10.6 Å². The van der Waals surface area contributed by atoms with Crippen molar-refractivity contribution in [1.82, 2.24) is 0 Å². The Kier molecular flexibility index (Phi) is 5.07. The van der Waals surface area contributed by atoms with Gasteiger partial charge in [0.15, 0.2) is 0 Å². The van der Waals surface area contributed by atoms with Crippen LogP contribution in [-0.2, 0) is 9.59 Å². The molecule has 0 aliphatic rings. The second kappa shape index (κ2) is 6.87. The maximum atomic E-state index is 12.6. The van der Waals surface area contributed by atoms with E-state index in [1.165, 1.54) is 0 Å². The van der Waals surface area contributed by atoms with Crippen LogP contribution in [0.1, 0.15) is 30.5 Å². The van der Waals surface area contributed by atoms with Crippen molar-refractivity contribution in [3.8, 4) is 0 Å². The molecule has 0 spiro atoms. The van der Waals surface area contributed by atoms with Crippen LogP contribution < -0.4 is 10.6 Å². The summed E-state index contributed by atoms with van der Waals surface area (Å²) in [6, 6.07) is 13.3. The Hall–Kier alpha value is -2.62. The van der Waals surface area contributed by atoms with E-state index in [9.17, 15) is 9.59 Å². The Balaban J connectivity index is 2.12. The largest absolute Gasteiger partial charge is 0.325 e. The average Bonchev–Trinajstić information content (AvgIpc) is 2.45. The highest BCUT2D eigenvalue weighted by Gasteiger charge is 2.36. The van der Waals surface area contributed by atoms with Crippen molar-refractivity contribution in [2.24, 2.45) is 5.41 Å². The van der Waals surface area contributed by atoms with E-state index in [1.54, 1.807) is 13.8 Å². The maximum Gasteiger partial charge on any atom is 0.239 e. The first-order chi connectivity index (χ1) is 11.2. The second-order valence-corrected chi connectivity index (χ2v) is 6.78. The number of hydrogen-bond acceptors (Lipinski definition) is 2. The Morgan fingerprint density at radius 2 is 1.25 bits per heavy atom. The summed E-state index contributed by atoms with van der Waals surface area (Å²) in [5.41, 5.74) is 3.37. The van der Waals surface area contributed by atoms with Crippen LogP contribution in [0.3, 0.4) is 0 Å². The molecule has 24 heavy (non-hydrogen) atoms. The first-order valence-electron chi connectivity index (χ1n) is 7.96. The highest BCUT2D eigenvalue weighted by atomic mass is 16.2. The minimum absolute atomic E-state index is 0.336. The molecule has 0 unspecified atom stereocenters. The molecule has 0 bridgehead atoms. The number of hydrogen-bond donors (Lipinski definition) is 2. The molecule has 0 saturated carbocycles. The summed E-state index contributed by atoms with van der Waals surface area (Å²) in [5.74, 6) is -0.673. The zero-order valence-corrected chi connectivity index (χ0v) is 14.9. The lowest BCUT2D eigenvalue weighted by atomic mass is 9.90. The smallest absolute Gasteiger partial charge is 0.239 e. The molecule has 4 heteroatoms. The number of benzene rings is 2. The predicted octanol–water partition coefficient (Wildman–Crippen LogP) is 4.22. The normalized spacial score (nSPS) is 11.0. The summed E-state index contributed by atoms with van der Waals surface area (Å²) in [7, 11) is 0. The van der Waals surface area contributed by atoms with E-state index in [2.05, 4.69) is 10.6 Å². The lowest BCUT2D eigenvalue weighted by Gasteiger charge is -2.23. The Morgan fingerprint density at radius 1 is 0.750 bits per heavy atom. The molecule has 0 aromatic heterocycles. The second-order valence-electron chi connectivity index (χ2n) is 6.78. The number of aryl methyl sites for hydroxylation is 3. The van der Waals surface area contributed by atoms with Gasteiger partial charge in [0.25, 0.3) is 0 Å². The third kappa shape index (κ3) is 4.22. The molecule has 2 N–H and O–H groups in total. The van der Waals surface area contributed by atoms with Gasteiger partial charge >= 0.3 is 0 Å². The lowest BCUT2D eigenvalue weighted by molar-refractivity contribution is -0.135. The lowest BCUT2D eigenvalue weighted by Crippen LogP contribution is -2.41. The Labute approximate surface area is 143 Å². The van der Waals surface area contributed by atoms with E-state index < -0.39 is 5.41 Å². The highest BCUT2D eigenvalue weighted by Crippen LogP contribution is 2.23. The molecule has 126 valence electrons. The van der Waals surface area contributed by atoms with Gasteiger partial charge in [0.1, 0.15) is 5.41 Å². The molecule has 0 aliphatic heterocycles. The monoisotopic (exact) mass is 324 g/mol. The third-order valence-corrected chi connectivity index (χ3v) is 3.89. The van der Waals surface area contributed by atoms with Crippen LogP contribution in [0, 0.1) is 26.2 Å². The number of carbonyl (C=O) groups is 2. The molecule has 0 saturated heterocycles. The van der Waals surface area contributed by atoms with E-state index in [0.29, 0.717) is 11.4 Å². The minimum atomic E-state index is -1.19. The van der Waals surface area contributed by atoms with E-state index in [-0.39, 0.29) is 11.8 Å². The number of nitrogens with one attached hydrogen (secondary N) is 2. The van der Waals surface area contributed by atoms with Crippen LogP contribution in [0.2, 0.25) is 0 Å². The zero-order valence-electron chi connectivity index (χ0n) is 14.9. The molecule has 2 aromatic carbocycles. The van der Waals surface area contributed by atoms with Gasteiger partial charge in [0, 0.05) is 11.4 Å². The van der Waals surface area contributed by atoms with Crippen LogP contribution in [0.25, 0.3) is 0 Å². The van der Waals surface area contributed by atoms with Gasteiger partial charge in [0.2, 0.25) is 11.8 Å². The molecule has 4 nitrogen and oxygen atoms in total. The van der Waals surface area contributed by atoms with Crippen molar-refractivity contribution >= 4 is 23.2 Å². The zero-order chi connectivity index (χ0) is 17.9. The van der Waals surface area contributed by atoms with Crippen molar-refractivity contribution in [1.29, 1.82) is 0 Å². The number of amides is 2. The van der Waals surface area contributed by atoms with Crippen LogP contribution in [0.4, 0.5) is 11.4 Å². The van der Waals surface area contributed by atoms with E-state index >= 15 is 0 Å². The highest BCUT2D eigenvalue weighted by molar-refractivity contribution is 6.14. The van der Waals surface area contributed by atoms with Gasteiger partial charge in [-0.05, 0) is 75.6 Å². The molecule has 0 radical (unpaired) electrons. The van der Waals surface area contributed by atoms with Crippen LogP contribution in [0.5, 0.6) is 0 Å². The molecule has 2 amide bonds. The van der Waals surface area contributed by atoms with Crippen molar-refractivity contribution in [3.05, 3.63) is 59.2 Å². The first kappa shape index (κ1) is 17.7. The fraction of sp³-hybridized carbons (Fsp3) is 0.300. The summed E-state index contributed by atoms with van der Waals surface area (Å²) >= 11 is 0. The van der Waals surface area contributed by atoms with E-state index in [4.69, 9.17) is 0 Å². The third-order valence-electron chi connectivity index (χ3n) is 3.89. The maximum absolute atomic E-state index is 12.6. The molecular formula is C20H24N2O2. The molecule has 0 fully saturated rings. The van der Waals surface area contributed by atoms with Gasteiger partial charge in [-0.1, -0.05) is 18.2 Å². The van der Waals surface area contributed by atoms with Crippen molar-refractivity contribution < 1.29 is 9.59 Å². The number of carbonyl (C=O) groups excluding carboxylic acids is 2. The van der Waals surface area contributed by atoms with Crippen LogP contribution in [-0.4, -0.2) is 11.8 Å². The average molecular weight is 324 g/mol. The molecular weight excluding hydrogens is 300 g/mol. The van der Waals surface area contributed by atoms with Gasteiger partial charge in [0.05, 0.1) is 0 Å². The van der Waals surface area contributed by atoms with Gasteiger partial charge in [-0.25, -0.2) is 0 Å². The number of anilines is 2. The van der Waals surface area contributed by atoms with Crippen LogP contribution in [0.15, 0.2) is 42.5 Å². The molecule has 2 rings (SSSR count). The van der Waals surface area contributed by atoms with E-state index in [1.807, 2.05) is 63.2 Å². The molecule has 0 heterocycles. The fourth-order valence-corrected chi connectivity index (χ4v) is 2.45. The quantitative estimate of drug-likeness (QED) is 0.828. The topological polar surface area (TPSA) is 58.2 Å². The first-order valence-corrected chi connectivity index (χ1v) is 7.96. The van der Waals surface area contributed by atoms with E-state index in [0.717, 1.165) is 16.7 Å². The Morgan fingerprint density at radius 3 is 1.79 bits per heavy atom. The molecule has 0 atom stereocenters. The number of rotatable bonds is 4. The summed E-state index contributed by atoms with van der Waals surface area (Å²) in [5, 5.41) is 5.65.